The average Bonchev–Trinajstić information content (AvgIpc) is 2.70. The predicted molar refractivity (Wildman–Crippen MR) is 42.2 cm³/mol. The Balaban J connectivity index is 2.19. The van der Waals surface area contributed by atoms with Crippen molar-refractivity contribution < 1.29 is 5.11 Å². The van der Waals surface area contributed by atoms with Crippen LogP contribution in [0.2, 0.25) is 0 Å². The van der Waals surface area contributed by atoms with Crippen LogP contribution in [0.3, 0.4) is 0 Å². The highest BCUT2D eigenvalue weighted by Crippen LogP contribution is 2.41. The summed E-state index contributed by atoms with van der Waals surface area (Å²) in [5.74, 6) is 0.830. The van der Waals surface area contributed by atoms with Gasteiger partial charge < -0.3 is 5.11 Å². The van der Waals surface area contributed by atoms with E-state index >= 15 is 0 Å². The number of aliphatic hydroxyl groups is 1. The molecule has 1 N–H and O–H groups in total. The highest BCUT2D eigenvalue weighted by atomic mass is 32.1. The molecule has 1 aliphatic carbocycles. The van der Waals surface area contributed by atoms with Gasteiger partial charge in [0.15, 0.2) is 0 Å². The molecule has 1 aromatic rings. The molecule has 2 heteroatoms. The number of thiophene rings is 1. The van der Waals surface area contributed by atoms with Gasteiger partial charge in [-0.2, -0.15) is 0 Å². The summed E-state index contributed by atoms with van der Waals surface area (Å²) < 4.78 is 0. The lowest BCUT2D eigenvalue weighted by Crippen LogP contribution is -1.73. The van der Waals surface area contributed by atoms with Gasteiger partial charge in [0.25, 0.3) is 0 Å². The minimum absolute atomic E-state index is 0.206. The molecule has 0 spiro atoms. The smallest absolute Gasteiger partial charge is 0.0774 e. The van der Waals surface area contributed by atoms with Crippen LogP contribution in [0.25, 0.3) is 0 Å². The Morgan fingerprint density at radius 1 is 1.60 bits per heavy atom. The molecule has 0 aliphatic heterocycles. The van der Waals surface area contributed by atoms with Crippen LogP contribution in [0.5, 0.6) is 0 Å². The fourth-order valence-corrected chi connectivity index (χ4v) is 1.94. The summed E-state index contributed by atoms with van der Waals surface area (Å²) in [5.41, 5.74) is 1.44. The fraction of sp³-hybridized carbons (Fsp3) is 0.500. The molecule has 1 nitrogen and oxygen atoms in total. The summed E-state index contributed by atoms with van der Waals surface area (Å²) in [4.78, 5) is 1.10. The van der Waals surface area contributed by atoms with Gasteiger partial charge in [-0.25, -0.2) is 0 Å². The molecule has 1 fully saturated rings. The summed E-state index contributed by atoms with van der Waals surface area (Å²) >= 11 is 1.67. The molecule has 1 aliphatic rings. The average molecular weight is 154 g/mol. The normalized spacial score (nSPS) is 17.7. The van der Waals surface area contributed by atoms with Gasteiger partial charge in [0.2, 0.25) is 0 Å². The Bertz CT molecular complexity index is 225. The lowest BCUT2D eigenvalue weighted by atomic mass is 10.2. The fourth-order valence-electron chi connectivity index (χ4n) is 1.11. The van der Waals surface area contributed by atoms with Gasteiger partial charge in [0.1, 0.15) is 0 Å². The third-order valence-electron chi connectivity index (χ3n) is 1.88. The van der Waals surface area contributed by atoms with Crippen molar-refractivity contribution >= 4 is 11.3 Å². The zero-order valence-electron chi connectivity index (χ0n) is 5.71. The first-order valence-corrected chi connectivity index (χ1v) is 4.46. The first-order valence-electron chi connectivity index (χ1n) is 3.58. The largest absolute Gasteiger partial charge is 0.391 e. The molecule has 0 aromatic carbocycles. The van der Waals surface area contributed by atoms with Crippen molar-refractivity contribution in [3.63, 3.8) is 0 Å². The Labute approximate surface area is 64.3 Å². The Hall–Kier alpha value is -0.340. The van der Waals surface area contributed by atoms with E-state index in [0.717, 1.165) is 10.8 Å². The lowest BCUT2D eigenvalue weighted by Gasteiger charge is -1.85. The van der Waals surface area contributed by atoms with Crippen LogP contribution in [-0.4, -0.2) is 5.11 Å². The summed E-state index contributed by atoms with van der Waals surface area (Å²) in [7, 11) is 0. The molecule has 0 amide bonds. The van der Waals surface area contributed by atoms with E-state index in [1.165, 1.54) is 18.4 Å². The first kappa shape index (κ1) is 6.38. The maximum absolute atomic E-state index is 8.76. The Kier molecular flexibility index (Phi) is 1.51. The van der Waals surface area contributed by atoms with E-state index in [4.69, 9.17) is 5.11 Å². The van der Waals surface area contributed by atoms with Crippen LogP contribution in [0.1, 0.15) is 29.2 Å². The van der Waals surface area contributed by atoms with Crippen molar-refractivity contribution in [2.45, 2.75) is 25.4 Å². The molecule has 1 heterocycles. The molecule has 54 valence electrons. The van der Waals surface area contributed by atoms with Crippen molar-refractivity contribution in [2.75, 3.05) is 0 Å². The number of hydrogen-bond donors (Lipinski definition) is 1. The van der Waals surface area contributed by atoms with Crippen LogP contribution >= 0.6 is 11.3 Å². The molecule has 2 rings (SSSR count). The molecular weight excluding hydrogens is 144 g/mol. The van der Waals surface area contributed by atoms with E-state index in [1.807, 2.05) is 0 Å². The summed E-state index contributed by atoms with van der Waals surface area (Å²) in [5, 5.41) is 10.9. The van der Waals surface area contributed by atoms with Gasteiger partial charge in [0, 0.05) is 4.88 Å². The first-order chi connectivity index (χ1) is 4.90. The summed E-state index contributed by atoms with van der Waals surface area (Å²) in [6.45, 7) is 0.206. The van der Waals surface area contributed by atoms with E-state index in [2.05, 4.69) is 11.4 Å². The topological polar surface area (TPSA) is 20.2 Å². The van der Waals surface area contributed by atoms with Crippen LogP contribution in [0.15, 0.2) is 11.4 Å². The van der Waals surface area contributed by atoms with Gasteiger partial charge in [-0.3, -0.25) is 0 Å². The molecular formula is C8H10OS. The van der Waals surface area contributed by atoms with Gasteiger partial charge in [-0.1, -0.05) is 0 Å². The van der Waals surface area contributed by atoms with E-state index in [0.29, 0.717) is 0 Å². The SMILES string of the molecule is OCc1cc(C2CC2)cs1. The zero-order valence-corrected chi connectivity index (χ0v) is 6.53. The quantitative estimate of drug-likeness (QED) is 0.691. The lowest BCUT2D eigenvalue weighted by molar-refractivity contribution is 0.285. The van der Waals surface area contributed by atoms with Crippen molar-refractivity contribution in [3.05, 3.63) is 21.9 Å². The molecule has 1 saturated carbocycles. The molecule has 0 saturated heterocycles. The number of rotatable bonds is 2. The highest BCUT2D eigenvalue weighted by Gasteiger charge is 2.24. The molecule has 0 atom stereocenters. The molecule has 10 heavy (non-hydrogen) atoms. The summed E-state index contributed by atoms with van der Waals surface area (Å²) in [6, 6.07) is 2.13. The van der Waals surface area contributed by atoms with Gasteiger partial charge >= 0.3 is 0 Å². The molecule has 0 bridgehead atoms. The highest BCUT2D eigenvalue weighted by molar-refractivity contribution is 7.10. The third kappa shape index (κ3) is 1.09. The van der Waals surface area contributed by atoms with Crippen molar-refractivity contribution in [2.24, 2.45) is 0 Å². The van der Waals surface area contributed by atoms with E-state index in [1.54, 1.807) is 11.3 Å². The van der Waals surface area contributed by atoms with Crippen LogP contribution in [0.4, 0.5) is 0 Å². The van der Waals surface area contributed by atoms with Crippen molar-refractivity contribution in [1.29, 1.82) is 0 Å². The van der Waals surface area contributed by atoms with Crippen molar-refractivity contribution in [3.8, 4) is 0 Å². The second kappa shape index (κ2) is 2.36. The van der Waals surface area contributed by atoms with Crippen LogP contribution < -0.4 is 0 Å². The van der Waals surface area contributed by atoms with Gasteiger partial charge in [-0.05, 0) is 35.8 Å². The molecule has 0 radical (unpaired) electrons. The monoisotopic (exact) mass is 154 g/mol. The Morgan fingerprint density at radius 2 is 2.40 bits per heavy atom. The minimum atomic E-state index is 0.206. The van der Waals surface area contributed by atoms with E-state index in [-0.39, 0.29) is 6.61 Å². The van der Waals surface area contributed by atoms with Crippen LogP contribution in [-0.2, 0) is 6.61 Å². The second-order valence-electron chi connectivity index (χ2n) is 2.78. The van der Waals surface area contributed by atoms with Gasteiger partial charge in [0.05, 0.1) is 6.61 Å². The third-order valence-corrected chi connectivity index (χ3v) is 2.82. The minimum Gasteiger partial charge on any atom is -0.391 e. The number of hydrogen-bond acceptors (Lipinski definition) is 2. The molecule has 1 aromatic heterocycles. The standard InChI is InChI=1S/C8H10OS/c9-4-8-3-7(5-10-8)6-1-2-6/h3,5-6,9H,1-2,4H2. The zero-order chi connectivity index (χ0) is 6.97. The molecule has 0 unspecified atom stereocenters. The van der Waals surface area contributed by atoms with Crippen molar-refractivity contribution in [1.82, 2.24) is 0 Å². The van der Waals surface area contributed by atoms with Crippen LogP contribution in [0, 0.1) is 0 Å². The van der Waals surface area contributed by atoms with E-state index < -0.39 is 0 Å². The summed E-state index contributed by atoms with van der Waals surface area (Å²) in [6.07, 6.45) is 2.70. The number of aliphatic hydroxyl groups excluding tert-OH is 1. The second-order valence-corrected chi connectivity index (χ2v) is 3.77. The van der Waals surface area contributed by atoms with Gasteiger partial charge in [-0.15, -0.1) is 11.3 Å². The van der Waals surface area contributed by atoms with E-state index in [9.17, 15) is 0 Å². The maximum Gasteiger partial charge on any atom is 0.0774 e. The maximum atomic E-state index is 8.76. The Morgan fingerprint density at radius 3 is 2.90 bits per heavy atom. The predicted octanol–water partition coefficient (Wildman–Crippen LogP) is 2.12.